The third-order valence-corrected chi connectivity index (χ3v) is 4.92. The van der Waals surface area contributed by atoms with Crippen LogP contribution in [0.15, 0.2) is 52.3 Å². The standard InChI is InChI=1S/C17H13BrOS/c1-11-6-7-13(18)9-15(11)16(19)8-12-10-20-17-5-3-2-4-14(12)17/h2-7,9-10H,8H2,1H3. The largest absolute Gasteiger partial charge is 0.294 e. The fourth-order valence-electron chi connectivity index (χ4n) is 2.33. The average Bonchev–Trinajstić information content (AvgIpc) is 2.85. The second kappa shape index (κ2) is 5.51. The summed E-state index contributed by atoms with van der Waals surface area (Å²) in [6, 6.07) is 14.1. The van der Waals surface area contributed by atoms with Crippen LogP contribution in [0.4, 0.5) is 0 Å². The van der Waals surface area contributed by atoms with E-state index in [1.807, 2.05) is 37.3 Å². The molecule has 1 aromatic heterocycles. The molecule has 0 radical (unpaired) electrons. The molecular weight excluding hydrogens is 332 g/mol. The van der Waals surface area contributed by atoms with Gasteiger partial charge in [0.15, 0.2) is 5.78 Å². The first-order valence-corrected chi connectivity index (χ1v) is 8.07. The van der Waals surface area contributed by atoms with Gasteiger partial charge in [-0.25, -0.2) is 0 Å². The molecule has 20 heavy (non-hydrogen) atoms. The molecule has 1 nitrogen and oxygen atoms in total. The van der Waals surface area contributed by atoms with Gasteiger partial charge in [0.05, 0.1) is 0 Å². The summed E-state index contributed by atoms with van der Waals surface area (Å²) in [4.78, 5) is 12.5. The Morgan fingerprint density at radius 1 is 1.20 bits per heavy atom. The van der Waals surface area contributed by atoms with Crippen molar-refractivity contribution < 1.29 is 4.79 Å². The van der Waals surface area contributed by atoms with Crippen LogP contribution in [0.1, 0.15) is 21.5 Å². The molecule has 0 aliphatic carbocycles. The molecule has 100 valence electrons. The lowest BCUT2D eigenvalue weighted by Gasteiger charge is -2.05. The van der Waals surface area contributed by atoms with Crippen molar-refractivity contribution in [1.82, 2.24) is 0 Å². The van der Waals surface area contributed by atoms with Gasteiger partial charge in [-0.2, -0.15) is 0 Å². The molecule has 2 aromatic carbocycles. The van der Waals surface area contributed by atoms with Gasteiger partial charge >= 0.3 is 0 Å². The second-order valence-corrected chi connectivity index (χ2v) is 6.64. The van der Waals surface area contributed by atoms with Crippen molar-refractivity contribution in [1.29, 1.82) is 0 Å². The number of ketones is 1. The third-order valence-electron chi connectivity index (χ3n) is 3.41. The van der Waals surface area contributed by atoms with E-state index in [4.69, 9.17) is 0 Å². The number of halogens is 1. The van der Waals surface area contributed by atoms with Crippen molar-refractivity contribution in [2.45, 2.75) is 13.3 Å². The Morgan fingerprint density at radius 3 is 2.85 bits per heavy atom. The van der Waals surface area contributed by atoms with Crippen LogP contribution in [-0.4, -0.2) is 5.78 Å². The number of carbonyl (C=O) groups excluding carboxylic acids is 1. The summed E-state index contributed by atoms with van der Waals surface area (Å²) in [7, 11) is 0. The highest BCUT2D eigenvalue weighted by Gasteiger charge is 2.13. The highest BCUT2D eigenvalue weighted by molar-refractivity contribution is 9.10. The van der Waals surface area contributed by atoms with Gasteiger partial charge in [0.25, 0.3) is 0 Å². The summed E-state index contributed by atoms with van der Waals surface area (Å²) in [5.41, 5.74) is 2.95. The minimum atomic E-state index is 0.173. The minimum Gasteiger partial charge on any atom is -0.294 e. The highest BCUT2D eigenvalue weighted by atomic mass is 79.9. The van der Waals surface area contributed by atoms with Gasteiger partial charge in [-0.3, -0.25) is 4.79 Å². The maximum atomic E-state index is 12.5. The predicted molar refractivity (Wildman–Crippen MR) is 88.7 cm³/mol. The highest BCUT2D eigenvalue weighted by Crippen LogP contribution is 2.27. The Kier molecular flexibility index (Phi) is 3.72. The van der Waals surface area contributed by atoms with Crippen molar-refractivity contribution in [2.24, 2.45) is 0 Å². The molecule has 0 saturated heterocycles. The number of Topliss-reactive ketones (excluding diaryl/α,β-unsaturated/α-hetero) is 1. The van der Waals surface area contributed by atoms with Crippen molar-refractivity contribution in [3.8, 4) is 0 Å². The molecular formula is C17H13BrOS. The maximum absolute atomic E-state index is 12.5. The molecule has 0 spiro atoms. The maximum Gasteiger partial charge on any atom is 0.167 e. The first-order valence-electron chi connectivity index (χ1n) is 6.39. The zero-order chi connectivity index (χ0) is 14.1. The Hall–Kier alpha value is -1.45. The molecule has 0 amide bonds. The van der Waals surface area contributed by atoms with Crippen LogP contribution >= 0.6 is 27.3 Å². The molecule has 0 unspecified atom stereocenters. The van der Waals surface area contributed by atoms with Gasteiger partial charge in [0, 0.05) is 21.2 Å². The number of rotatable bonds is 3. The van der Waals surface area contributed by atoms with Gasteiger partial charge in [-0.1, -0.05) is 40.2 Å². The Bertz CT molecular complexity index is 789. The summed E-state index contributed by atoms with van der Waals surface area (Å²) in [5.74, 6) is 0.173. The molecule has 0 saturated carbocycles. The fourth-order valence-corrected chi connectivity index (χ4v) is 3.66. The van der Waals surface area contributed by atoms with E-state index in [0.717, 1.165) is 21.2 Å². The lowest BCUT2D eigenvalue weighted by atomic mass is 9.99. The fraction of sp³-hybridized carbons (Fsp3) is 0.118. The van der Waals surface area contributed by atoms with Crippen LogP contribution < -0.4 is 0 Å². The molecule has 0 bridgehead atoms. The van der Waals surface area contributed by atoms with Crippen LogP contribution in [0.3, 0.4) is 0 Å². The van der Waals surface area contributed by atoms with E-state index in [0.29, 0.717) is 6.42 Å². The van der Waals surface area contributed by atoms with E-state index >= 15 is 0 Å². The van der Waals surface area contributed by atoms with Crippen LogP contribution in [0, 0.1) is 6.92 Å². The van der Waals surface area contributed by atoms with Gasteiger partial charge in [-0.05, 0) is 47.0 Å². The molecule has 0 aliphatic rings. The zero-order valence-corrected chi connectivity index (χ0v) is 13.4. The molecule has 0 atom stereocenters. The first kappa shape index (κ1) is 13.5. The lowest BCUT2D eigenvalue weighted by Crippen LogP contribution is -2.05. The van der Waals surface area contributed by atoms with Crippen molar-refractivity contribution >= 4 is 43.1 Å². The van der Waals surface area contributed by atoms with E-state index in [1.165, 1.54) is 10.1 Å². The topological polar surface area (TPSA) is 17.1 Å². The van der Waals surface area contributed by atoms with Gasteiger partial charge in [0.2, 0.25) is 0 Å². The SMILES string of the molecule is Cc1ccc(Br)cc1C(=O)Cc1csc2ccccc12. The van der Waals surface area contributed by atoms with Crippen molar-refractivity contribution in [3.63, 3.8) is 0 Å². The molecule has 0 N–H and O–H groups in total. The number of fused-ring (bicyclic) bond motifs is 1. The molecule has 0 aliphatic heterocycles. The van der Waals surface area contributed by atoms with Crippen LogP contribution in [0.25, 0.3) is 10.1 Å². The van der Waals surface area contributed by atoms with E-state index in [2.05, 4.69) is 33.4 Å². The quantitative estimate of drug-likeness (QED) is 0.581. The van der Waals surface area contributed by atoms with E-state index in [1.54, 1.807) is 11.3 Å². The van der Waals surface area contributed by atoms with Crippen molar-refractivity contribution in [2.75, 3.05) is 0 Å². The average molecular weight is 345 g/mol. The first-order chi connectivity index (χ1) is 9.65. The van der Waals surface area contributed by atoms with E-state index < -0.39 is 0 Å². The summed E-state index contributed by atoms with van der Waals surface area (Å²) >= 11 is 5.13. The summed E-state index contributed by atoms with van der Waals surface area (Å²) in [6.45, 7) is 1.98. The summed E-state index contributed by atoms with van der Waals surface area (Å²) < 4.78 is 2.18. The molecule has 1 heterocycles. The minimum absolute atomic E-state index is 0.173. The molecule has 3 aromatic rings. The number of hydrogen-bond acceptors (Lipinski definition) is 2. The molecule has 3 rings (SSSR count). The van der Waals surface area contributed by atoms with Crippen molar-refractivity contribution in [3.05, 3.63) is 69.0 Å². The third kappa shape index (κ3) is 2.56. The Balaban J connectivity index is 1.94. The monoisotopic (exact) mass is 344 g/mol. The number of hydrogen-bond donors (Lipinski definition) is 0. The summed E-state index contributed by atoms with van der Waals surface area (Å²) in [5, 5.41) is 3.29. The van der Waals surface area contributed by atoms with E-state index in [-0.39, 0.29) is 5.78 Å². The van der Waals surface area contributed by atoms with Crippen LogP contribution in [0.2, 0.25) is 0 Å². The number of benzene rings is 2. The number of thiophene rings is 1. The van der Waals surface area contributed by atoms with E-state index in [9.17, 15) is 4.79 Å². The van der Waals surface area contributed by atoms with Crippen LogP contribution in [0.5, 0.6) is 0 Å². The normalized spacial score (nSPS) is 10.9. The number of aryl methyl sites for hydroxylation is 1. The number of carbonyl (C=O) groups is 1. The predicted octanol–water partition coefficient (Wildman–Crippen LogP) is 5.40. The summed E-state index contributed by atoms with van der Waals surface area (Å²) in [6.07, 6.45) is 0.460. The zero-order valence-electron chi connectivity index (χ0n) is 11.0. The van der Waals surface area contributed by atoms with Crippen LogP contribution in [-0.2, 0) is 6.42 Å². The smallest absolute Gasteiger partial charge is 0.167 e. The molecule has 0 fully saturated rings. The Morgan fingerprint density at radius 2 is 2.00 bits per heavy atom. The second-order valence-electron chi connectivity index (χ2n) is 4.82. The van der Waals surface area contributed by atoms with Gasteiger partial charge < -0.3 is 0 Å². The Labute approximate surface area is 130 Å². The van der Waals surface area contributed by atoms with Gasteiger partial charge in [-0.15, -0.1) is 11.3 Å². The van der Waals surface area contributed by atoms with Gasteiger partial charge in [0.1, 0.15) is 0 Å². The molecule has 3 heteroatoms. The lowest BCUT2D eigenvalue weighted by molar-refractivity contribution is 0.0993.